The Morgan fingerprint density at radius 1 is 1.40 bits per heavy atom. The van der Waals surface area contributed by atoms with Crippen LogP contribution in [0.2, 0.25) is 0 Å². The summed E-state index contributed by atoms with van der Waals surface area (Å²) in [6, 6.07) is 0. The molecule has 0 saturated carbocycles. The molecule has 7 nitrogen and oxygen atoms in total. The summed E-state index contributed by atoms with van der Waals surface area (Å²) >= 11 is 0. The van der Waals surface area contributed by atoms with E-state index in [1.807, 2.05) is 0 Å². The topological polar surface area (TPSA) is 82.5 Å². The molecule has 0 bridgehead atoms. The van der Waals surface area contributed by atoms with Gasteiger partial charge in [0.25, 0.3) is 0 Å². The van der Waals surface area contributed by atoms with Gasteiger partial charge in [0.2, 0.25) is 0 Å². The predicted octanol–water partition coefficient (Wildman–Crippen LogP) is 1.47. The molecule has 0 fully saturated rings. The zero-order valence-electron chi connectivity index (χ0n) is 12.3. The molecule has 1 N–H and O–H groups in total. The maximum absolute atomic E-state index is 11.5. The zero-order valence-corrected chi connectivity index (χ0v) is 12.3. The fourth-order valence-corrected chi connectivity index (χ4v) is 1.42. The number of alkyl carbamates (subject to hydrolysis) is 1. The zero-order chi connectivity index (χ0) is 15.2. The van der Waals surface area contributed by atoms with E-state index in [2.05, 4.69) is 10.3 Å². The van der Waals surface area contributed by atoms with Gasteiger partial charge in [0, 0.05) is 6.20 Å². The van der Waals surface area contributed by atoms with Crippen molar-refractivity contribution in [2.75, 3.05) is 6.61 Å². The molecule has 7 heteroatoms. The number of rotatable bonds is 5. The van der Waals surface area contributed by atoms with Gasteiger partial charge in [-0.05, 0) is 27.7 Å². The Kier molecular flexibility index (Phi) is 5.54. The minimum absolute atomic E-state index is 0.104. The number of aromatic nitrogens is 2. The van der Waals surface area contributed by atoms with Crippen molar-refractivity contribution in [3.63, 3.8) is 0 Å². The largest absolute Gasteiger partial charge is 0.465 e. The smallest absolute Gasteiger partial charge is 0.407 e. The Balaban J connectivity index is 2.41. The van der Waals surface area contributed by atoms with Crippen molar-refractivity contribution in [2.45, 2.75) is 46.4 Å². The van der Waals surface area contributed by atoms with Crippen LogP contribution in [0.1, 0.15) is 33.4 Å². The van der Waals surface area contributed by atoms with E-state index in [0.717, 1.165) is 0 Å². The number of nitrogens with one attached hydrogen (secondary N) is 1. The van der Waals surface area contributed by atoms with Gasteiger partial charge in [0.1, 0.15) is 12.1 Å². The summed E-state index contributed by atoms with van der Waals surface area (Å²) in [6.45, 7) is 7.82. The van der Waals surface area contributed by atoms with Crippen molar-refractivity contribution in [1.29, 1.82) is 0 Å². The molecule has 0 saturated heterocycles. The molecular formula is C13H21N3O4. The van der Waals surface area contributed by atoms with Gasteiger partial charge in [-0.15, -0.1) is 0 Å². The summed E-state index contributed by atoms with van der Waals surface area (Å²) in [6.07, 6.45) is 2.69. The molecule has 1 aromatic heterocycles. The van der Waals surface area contributed by atoms with Crippen LogP contribution < -0.4 is 5.32 Å². The molecule has 0 spiro atoms. The minimum atomic E-state index is -0.534. The average molecular weight is 283 g/mol. The first-order chi connectivity index (χ1) is 9.30. The molecule has 0 atom stereocenters. The monoisotopic (exact) mass is 283 g/mol. The second-order valence-electron chi connectivity index (χ2n) is 5.20. The summed E-state index contributed by atoms with van der Waals surface area (Å²) in [7, 11) is 0. The van der Waals surface area contributed by atoms with E-state index >= 15 is 0 Å². The summed E-state index contributed by atoms with van der Waals surface area (Å²) < 4.78 is 11.5. The van der Waals surface area contributed by atoms with Crippen molar-refractivity contribution < 1.29 is 19.1 Å². The first-order valence-corrected chi connectivity index (χ1v) is 6.43. The highest BCUT2D eigenvalue weighted by Gasteiger charge is 2.16. The van der Waals surface area contributed by atoms with Gasteiger partial charge in [-0.3, -0.25) is 4.79 Å². The summed E-state index contributed by atoms with van der Waals surface area (Å²) in [4.78, 5) is 26.8. The van der Waals surface area contributed by atoms with Crippen LogP contribution in [-0.4, -0.2) is 33.8 Å². The number of carbonyl (C=O) groups is 2. The lowest BCUT2D eigenvalue weighted by molar-refractivity contribution is -0.143. The van der Waals surface area contributed by atoms with E-state index in [0.29, 0.717) is 12.3 Å². The number of hydrogen-bond acceptors (Lipinski definition) is 5. The molecule has 0 unspecified atom stereocenters. The number of carbonyl (C=O) groups excluding carboxylic acids is 2. The van der Waals surface area contributed by atoms with Gasteiger partial charge in [-0.1, -0.05) is 0 Å². The molecule has 1 amide bonds. The third-order valence-corrected chi connectivity index (χ3v) is 2.12. The van der Waals surface area contributed by atoms with Gasteiger partial charge < -0.3 is 19.4 Å². The molecular weight excluding hydrogens is 262 g/mol. The maximum atomic E-state index is 11.5. The Labute approximate surface area is 118 Å². The third-order valence-electron chi connectivity index (χ3n) is 2.12. The number of ether oxygens (including phenoxy) is 2. The molecule has 1 rings (SSSR count). The Morgan fingerprint density at radius 3 is 2.70 bits per heavy atom. The van der Waals surface area contributed by atoms with Crippen molar-refractivity contribution in [2.24, 2.45) is 0 Å². The number of hydrogen-bond donors (Lipinski definition) is 1. The lowest BCUT2D eigenvalue weighted by atomic mass is 10.2. The number of esters is 1. The number of nitrogens with zero attached hydrogens (tertiary/aromatic N) is 2. The highest BCUT2D eigenvalue weighted by Crippen LogP contribution is 2.06. The molecule has 20 heavy (non-hydrogen) atoms. The van der Waals surface area contributed by atoms with Crippen LogP contribution >= 0.6 is 0 Å². The minimum Gasteiger partial charge on any atom is -0.465 e. The van der Waals surface area contributed by atoms with Crippen LogP contribution in [0, 0.1) is 0 Å². The number of imidazole rings is 1. The van der Waals surface area contributed by atoms with Crippen LogP contribution in [0.25, 0.3) is 0 Å². The predicted molar refractivity (Wildman–Crippen MR) is 71.9 cm³/mol. The van der Waals surface area contributed by atoms with Crippen LogP contribution in [0.5, 0.6) is 0 Å². The van der Waals surface area contributed by atoms with E-state index in [-0.39, 0.29) is 19.1 Å². The van der Waals surface area contributed by atoms with E-state index < -0.39 is 11.7 Å². The molecule has 0 aliphatic heterocycles. The van der Waals surface area contributed by atoms with Crippen LogP contribution in [0.4, 0.5) is 4.79 Å². The third kappa shape index (κ3) is 6.21. The SMILES string of the molecule is CCOC(=O)Cn1cnc(CNC(=O)OC(C)(C)C)c1. The lowest BCUT2D eigenvalue weighted by Crippen LogP contribution is -2.32. The van der Waals surface area contributed by atoms with Gasteiger partial charge in [-0.2, -0.15) is 0 Å². The Bertz CT molecular complexity index is 462. The van der Waals surface area contributed by atoms with Crippen LogP contribution in [-0.2, 0) is 27.4 Å². The van der Waals surface area contributed by atoms with E-state index in [4.69, 9.17) is 9.47 Å². The fraction of sp³-hybridized carbons (Fsp3) is 0.615. The Morgan fingerprint density at radius 2 is 2.10 bits per heavy atom. The molecule has 0 aliphatic carbocycles. The first kappa shape index (κ1) is 16.0. The van der Waals surface area contributed by atoms with E-state index in [9.17, 15) is 9.59 Å². The second kappa shape index (κ2) is 6.93. The van der Waals surface area contributed by atoms with E-state index in [1.54, 1.807) is 38.5 Å². The van der Waals surface area contributed by atoms with Crippen LogP contribution in [0.3, 0.4) is 0 Å². The maximum Gasteiger partial charge on any atom is 0.407 e. The first-order valence-electron chi connectivity index (χ1n) is 6.43. The molecule has 0 aliphatic rings. The average Bonchev–Trinajstić information content (AvgIpc) is 2.72. The van der Waals surface area contributed by atoms with Crippen molar-refractivity contribution in [3.05, 3.63) is 18.2 Å². The van der Waals surface area contributed by atoms with Gasteiger partial charge >= 0.3 is 12.1 Å². The van der Waals surface area contributed by atoms with Gasteiger partial charge in [0.05, 0.1) is 25.2 Å². The highest BCUT2D eigenvalue weighted by atomic mass is 16.6. The second-order valence-corrected chi connectivity index (χ2v) is 5.20. The molecule has 0 radical (unpaired) electrons. The fourth-order valence-electron chi connectivity index (χ4n) is 1.42. The molecule has 112 valence electrons. The van der Waals surface area contributed by atoms with Crippen LogP contribution in [0.15, 0.2) is 12.5 Å². The van der Waals surface area contributed by atoms with E-state index in [1.165, 1.54) is 6.33 Å². The van der Waals surface area contributed by atoms with Crippen molar-refractivity contribution in [3.8, 4) is 0 Å². The van der Waals surface area contributed by atoms with Crippen molar-refractivity contribution in [1.82, 2.24) is 14.9 Å². The highest BCUT2D eigenvalue weighted by molar-refractivity contribution is 5.69. The molecule has 1 aromatic rings. The molecule has 1 heterocycles. The normalized spacial score (nSPS) is 11.0. The Hall–Kier alpha value is -2.05. The quantitative estimate of drug-likeness (QED) is 0.827. The summed E-state index contributed by atoms with van der Waals surface area (Å²) in [5.41, 5.74) is 0.105. The van der Waals surface area contributed by atoms with Crippen molar-refractivity contribution >= 4 is 12.1 Å². The summed E-state index contributed by atoms with van der Waals surface area (Å²) in [5, 5.41) is 2.59. The summed E-state index contributed by atoms with van der Waals surface area (Å²) in [5.74, 6) is -0.323. The van der Waals surface area contributed by atoms with Gasteiger partial charge in [-0.25, -0.2) is 9.78 Å². The lowest BCUT2D eigenvalue weighted by Gasteiger charge is -2.19. The van der Waals surface area contributed by atoms with Gasteiger partial charge in [0.15, 0.2) is 0 Å². The number of amides is 1. The standard InChI is InChI=1S/C13H21N3O4/c1-5-19-11(17)8-16-7-10(15-9-16)6-14-12(18)20-13(2,3)4/h7,9H,5-6,8H2,1-4H3,(H,14,18). The molecule has 0 aromatic carbocycles.